The van der Waals surface area contributed by atoms with E-state index in [2.05, 4.69) is 25.2 Å². The van der Waals surface area contributed by atoms with Crippen LogP contribution in [0.25, 0.3) is 0 Å². The summed E-state index contributed by atoms with van der Waals surface area (Å²) < 4.78 is 4.14. The smallest absolute Gasteiger partial charge is 0.329 e. The molecule has 0 N–H and O–H groups in total. The molecule has 2 nitrogen and oxygen atoms in total. The van der Waals surface area contributed by atoms with Gasteiger partial charge in [0.2, 0.25) is 0 Å². The molecule has 0 amide bonds. The van der Waals surface area contributed by atoms with Crippen molar-refractivity contribution in [1.29, 1.82) is 0 Å². The molecule has 0 saturated heterocycles. The number of carbonyl (C=O) groups is 1. The molecule has 0 spiro atoms. The normalized spacial score (nSPS) is 9.67. The molecular weight excluding hydrogens is 260 g/mol. The molecule has 0 atom stereocenters. The Labute approximate surface area is 133 Å². The molecule has 0 unspecified atom stereocenters. The van der Waals surface area contributed by atoms with E-state index in [-0.39, 0.29) is 0 Å². The van der Waals surface area contributed by atoms with E-state index in [0.29, 0.717) is 0 Å². The fourth-order valence-corrected chi connectivity index (χ4v) is 2.17. The van der Waals surface area contributed by atoms with Gasteiger partial charge in [-0.1, -0.05) is 104 Å². The van der Waals surface area contributed by atoms with Crippen LogP contribution in [0.15, 0.2) is 12.7 Å². The van der Waals surface area contributed by atoms with Crippen LogP contribution < -0.4 is 0 Å². The average molecular weight is 299 g/mol. The van der Waals surface area contributed by atoms with Crippen molar-refractivity contribution < 1.29 is 9.53 Å². The van der Waals surface area contributed by atoms with Gasteiger partial charge >= 0.3 is 5.97 Å². The van der Waals surface area contributed by atoms with E-state index in [1.165, 1.54) is 90.6 Å². The summed E-state index contributed by atoms with van der Waals surface area (Å²) in [5.74, 6) is -0.394. The summed E-state index contributed by atoms with van der Waals surface area (Å²) in [5.41, 5.74) is 0. The first kappa shape index (κ1) is 22.5. The van der Waals surface area contributed by atoms with Gasteiger partial charge < -0.3 is 4.74 Å². The molecule has 0 fully saturated rings. The first-order valence-electron chi connectivity index (χ1n) is 8.93. The lowest BCUT2D eigenvalue weighted by molar-refractivity contribution is -0.134. The molecule has 126 valence electrons. The average Bonchev–Trinajstić information content (AvgIpc) is 2.52. The number of carbonyl (C=O) groups excluding carboxylic acids is 1. The van der Waals surface area contributed by atoms with Gasteiger partial charge in [0, 0.05) is 6.08 Å². The molecule has 0 saturated carbocycles. The molecule has 0 aromatic rings. The standard InChI is InChI=1S/C15H32.C4H6O2/c1-3-5-7-9-11-13-15-14-12-10-8-6-4-2;1-3-4(5)6-2/h3-15H2,1-2H3;3H,1H2,2H3. The first-order valence-corrected chi connectivity index (χ1v) is 8.93. The van der Waals surface area contributed by atoms with Gasteiger partial charge in [-0.2, -0.15) is 0 Å². The molecule has 0 aliphatic rings. The van der Waals surface area contributed by atoms with Crippen LogP contribution in [0.3, 0.4) is 0 Å². The second kappa shape index (κ2) is 21.5. The molecule has 0 aromatic carbocycles. The van der Waals surface area contributed by atoms with Gasteiger partial charge in [-0.3, -0.25) is 0 Å². The summed E-state index contributed by atoms with van der Waals surface area (Å²) in [6.45, 7) is 7.73. The van der Waals surface area contributed by atoms with Gasteiger partial charge in [0.1, 0.15) is 0 Å². The lowest BCUT2D eigenvalue weighted by Crippen LogP contribution is -1.91. The number of hydrogen-bond acceptors (Lipinski definition) is 2. The van der Waals surface area contributed by atoms with Crippen LogP contribution in [0.2, 0.25) is 0 Å². The zero-order valence-electron chi connectivity index (χ0n) is 14.8. The minimum atomic E-state index is -0.394. The Bertz CT molecular complexity index is 200. The highest BCUT2D eigenvalue weighted by atomic mass is 16.5. The zero-order chi connectivity index (χ0) is 16.2. The highest BCUT2D eigenvalue weighted by Gasteiger charge is 1.92. The van der Waals surface area contributed by atoms with Crippen molar-refractivity contribution in [3.63, 3.8) is 0 Å². The Morgan fingerprint density at radius 1 is 0.762 bits per heavy atom. The second-order valence-electron chi connectivity index (χ2n) is 5.62. The van der Waals surface area contributed by atoms with E-state index in [9.17, 15) is 4.79 Å². The van der Waals surface area contributed by atoms with E-state index in [1.54, 1.807) is 0 Å². The molecule has 0 heterocycles. The molecule has 0 aromatic heterocycles. The molecule has 0 bridgehead atoms. The van der Waals surface area contributed by atoms with E-state index in [4.69, 9.17) is 0 Å². The number of unbranched alkanes of at least 4 members (excludes halogenated alkanes) is 12. The summed E-state index contributed by atoms with van der Waals surface area (Å²) in [5, 5.41) is 0. The SMILES string of the molecule is C=CC(=O)OC.CCCCCCCCCCCCCCC. The lowest BCUT2D eigenvalue weighted by Gasteiger charge is -2.01. The molecule has 21 heavy (non-hydrogen) atoms. The molecule has 0 rings (SSSR count). The van der Waals surface area contributed by atoms with Crippen molar-refractivity contribution in [2.24, 2.45) is 0 Å². The minimum absolute atomic E-state index is 0.394. The summed E-state index contributed by atoms with van der Waals surface area (Å²) in [4.78, 5) is 9.84. The van der Waals surface area contributed by atoms with Crippen LogP contribution >= 0.6 is 0 Å². The molecule has 0 aliphatic heterocycles. The van der Waals surface area contributed by atoms with Gasteiger partial charge in [-0.05, 0) is 0 Å². The van der Waals surface area contributed by atoms with Crippen molar-refractivity contribution >= 4 is 5.97 Å². The number of rotatable bonds is 13. The minimum Gasteiger partial charge on any atom is -0.466 e. The Kier molecular flexibility index (Phi) is 23.0. The maximum Gasteiger partial charge on any atom is 0.329 e. The fraction of sp³-hybridized carbons (Fsp3) is 0.842. The largest absolute Gasteiger partial charge is 0.466 e. The molecule has 0 aliphatic carbocycles. The summed E-state index contributed by atoms with van der Waals surface area (Å²) >= 11 is 0. The van der Waals surface area contributed by atoms with Crippen LogP contribution in [0, 0.1) is 0 Å². The van der Waals surface area contributed by atoms with Crippen molar-refractivity contribution in [3.8, 4) is 0 Å². The number of esters is 1. The van der Waals surface area contributed by atoms with Crippen LogP contribution in [0.4, 0.5) is 0 Å². The third-order valence-corrected chi connectivity index (χ3v) is 3.57. The predicted octanol–water partition coefficient (Wildman–Crippen LogP) is 6.44. The van der Waals surface area contributed by atoms with Crippen LogP contribution in [0.5, 0.6) is 0 Å². The molecular formula is C19H38O2. The topological polar surface area (TPSA) is 26.3 Å². The summed E-state index contributed by atoms with van der Waals surface area (Å²) in [6, 6.07) is 0. The maximum absolute atomic E-state index is 9.84. The molecule has 0 radical (unpaired) electrons. The maximum atomic E-state index is 9.84. The van der Waals surface area contributed by atoms with Crippen LogP contribution in [0.1, 0.15) is 97.3 Å². The van der Waals surface area contributed by atoms with Gasteiger partial charge in [-0.15, -0.1) is 0 Å². The first-order chi connectivity index (χ1) is 10.2. The van der Waals surface area contributed by atoms with Gasteiger partial charge in [0.25, 0.3) is 0 Å². The quantitative estimate of drug-likeness (QED) is 0.222. The third-order valence-electron chi connectivity index (χ3n) is 3.57. The lowest BCUT2D eigenvalue weighted by atomic mass is 10.1. The molecule has 2 heteroatoms. The monoisotopic (exact) mass is 298 g/mol. The van der Waals surface area contributed by atoms with Gasteiger partial charge in [0.15, 0.2) is 0 Å². The highest BCUT2D eigenvalue weighted by molar-refractivity contribution is 5.80. The third kappa shape index (κ3) is 24.6. The summed E-state index contributed by atoms with van der Waals surface area (Å²) in [6.07, 6.45) is 20.0. The number of ether oxygens (including phenoxy) is 1. The summed E-state index contributed by atoms with van der Waals surface area (Å²) in [7, 11) is 1.31. The second-order valence-corrected chi connectivity index (χ2v) is 5.62. The van der Waals surface area contributed by atoms with E-state index >= 15 is 0 Å². The van der Waals surface area contributed by atoms with Crippen molar-refractivity contribution in [2.75, 3.05) is 7.11 Å². The van der Waals surface area contributed by atoms with Crippen molar-refractivity contribution in [1.82, 2.24) is 0 Å². The Hall–Kier alpha value is -0.790. The van der Waals surface area contributed by atoms with Crippen molar-refractivity contribution in [2.45, 2.75) is 97.3 Å². The Morgan fingerprint density at radius 2 is 1.05 bits per heavy atom. The van der Waals surface area contributed by atoms with Crippen molar-refractivity contribution in [3.05, 3.63) is 12.7 Å². The Balaban J connectivity index is 0. The predicted molar refractivity (Wildman–Crippen MR) is 93.6 cm³/mol. The Morgan fingerprint density at radius 3 is 1.19 bits per heavy atom. The van der Waals surface area contributed by atoms with E-state index in [0.717, 1.165) is 6.08 Å². The fourth-order valence-electron chi connectivity index (χ4n) is 2.17. The van der Waals surface area contributed by atoms with Gasteiger partial charge in [-0.25, -0.2) is 4.79 Å². The highest BCUT2D eigenvalue weighted by Crippen LogP contribution is 2.12. The number of hydrogen-bond donors (Lipinski definition) is 0. The number of methoxy groups -OCH3 is 1. The zero-order valence-corrected chi connectivity index (χ0v) is 14.8. The van der Waals surface area contributed by atoms with Crippen LogP contribution in [-0.4, -0.2) is 13.1 Å². The van der Waals surface area contributed by atoms with E-state index < -0.39 is 5.97 Å². The van der Waals surface area contributed by atoms with Crippen LogP contribution in [-0.2, 0) is 9.53 Å². The van der Waals surface area contributed by atoms with E-state index in [1.807, 2.05) is 0 Å². The van der Waals surface area contributed by atoms with Gasteiger partial charge in [0.05, 0.1) is 7.11 Å².